The standard InChI is InChI=1S/C17H19ClN2O5S/c1-17(8-23-9-17)10-24-11-4-5-12(13(18)7-11)15-19-20-16(25-15)26-6-2-3-14(21)22/h4-5,7H,2-3,6,8-10H2,1H3,(H,21,22). The topological polar surface area (TPSA) is 94.7 Å². The number of benzene rings is 1. The van der Waals surface area contributed by atoms with Crippen molar-refractivity contribution in [1.29, 1.82) is 0 Å². The van der Waals surface area contributed by atoms with Crippen LogP contribution in [0.2, 0.25) is 5.02 Å². The highest BCUT2D eigenvalue weighted by molar-refractivity contribution is 7.99. The number of aromatic nitrogens is 2. The molecule has 0 spiro atoms. The first kappa shape index (κ1) is 19.0. The smallest absolute Gasteiger partial charge is 0.303 e. The van der Waals surface area contributed by atoms with E-state index < -0.39 is 5.97 Å². The monoisotopic (exact) mass is 398 g/mol. The zero-order valence-corrected chi connectivity index (χ0v) is 15.8. The van der Waals surface area contributed by atoms with Gasteiger partial charge in [-0.3, -0.25) is 4.79 Å². The van der Waals surface area contributed by atoms with Gasteiger partial charge in [-0.15, -0.1) is 10.2 Å². The van der Waals surface area contributed by atoms with Gasteiger partial charge in [0.2, 0.25) is 5.89 Å². The van der Waals surface area contributed by atoms with Crippen molar-refractivity contribution < 1.29 is 23.8 Å². The molecule has 0 unspecified atom stereocenters. The molecule has 3 rings (SSSR count). The lowest BCUT2D eigenvalue weighted by Crippen LogP contribution is -2.44. The molecule has 0 saturated carbocycles. The van der Waals surface area contributed by atoms with Gasteiger partial charge in [-0.1, -0.05) is 30.3 Å². The molecule has 1 aromatic carbocycles. The van der Waals surface area contributed by atoms with Crippen molar-refractivity contribution in [1.82, 2.24) is 10.2 Å². The molecule has 26 heavy (non-hydrogen) atoms. The molecule has 0 atom stereocenters. The largest absolute Gasteiger partial charge is 0.493 e. The second kappa shape index (κ2) is 8.28. The van der Waals surface area contributed by atoms with E-state index in [-0.39, 0.29) is 11.8 Å². The number of rotatable bonds is 9. The summed E-state index contributed by atoms with van der Waals surface area (Å²) in [6, 6.07) is 5.32. The number of carboxylic acid groups (broad SMARTS) is 1. The van der Waals surface area contributed by atoms with E-state index in [1.165, 1.54) is 11.8 Å². The molecular weight excluding hydrogens is 380 g/mol. The summed E-state index contributed by atoms with van der Waals surface area (Å²) in [7, 11) is 0. The van der Waals surface area contributed by atoms with Crippen LogP contribution in [-0.4, -0.2) is 46.8 Å². The Kier molecular flexibility index (Phi) is 6.05. The van der Waals surface area contributed by atoms with Gasteiger partial charge in [0.05, 0.1) is 30.4 Å². The molecule has 0 bridgehead atoms. The van der Waals surface area contributed by atoms with E-state index in [2.05, 4.69) is 17.1 Å². The van der Waals surface area contributed by atoms with Crippen LogP contribution in [0.15, 0.2) is 27.8 Å². The third-order valence-corrected chi connectivity index (χ3v) is 5.04. The number of hydrogen-bond acceptors (Lipinski definition) is 7. The molecule has 1 aromatic heterocycles. The maximum Gasteiger partial charge on any atom is 0.303 e. The summed E-state index contributed by atoms with van der Waals surface area (Å²) in [5.41, 5.74) is 0.687. The van der Waals surface area contributed by atoms with Crippen LogP contribution in [0, 0.1) is 5.41 Å². The second-order valence-corrected chi connectivity index (χ2v) is 7.91. The van der Waals surface area contributed by atoms with Gasteiger partial charge in [0.25, 0.3) is 5.22 Å². The maximum absolute atomic E-state index is 10.5. The average molecular weight is 399 g/mol. The molecule has 1 aliphatic heterocycles. The molecule has 1 N–H and O–H groups in total. The Morgan fingerprint density at radius 3 is 2.88 bits per heavy atom. The number of carbonyl (C=O) groups is 1. The summed E-state index contributed by atoms with van der Waals surface area (Å²) in [5.74, 6) is 0.776. The first-order chi connectivity index (χ1) is 12.5. The fraction of sp³-hybridized carbons (Fsp3) is 0.471. The third kappa shape index (κ3) is 4.90. The fourth-order valence-corrected chi connectivity index (χ4v) is 3.26. The van der Waals surface area contributed by atoms with Gasteiger partial charge in [0.1, 0.15) is 5.75 Å². The Balaban J connectivity index is 1.58. The summed E-state index contributed by atoms with van der Waals surface area (Å²) >= 11 is 7.65. The molecular formula is C17H19ClN2O5S. The number of halogens is 1. The van der Waals surface area contributed by atoms with Gasteiger partial charge in [-0.25, -0.2) is 0 Å². The van der Waals surface area contributed by atoms with Crippen LogP contribution in [0.1, 0.15) is 19.8 Å². The van der Waals surface area contributed by atoms with Crippen LogP contribution in [0.5, 0.6) is 5.75 Å². The molecule has 0 radical (unpaired) electrons. The normalized spacial score (nSPS) is 15.5. The summed E-state index contributed by atoms with van der Waals surface area (Å²) in [4.78, 5) is 10.5. The Hall–Kier alpha value is -1.77. The molecule has 0 aliphatic carbocycles. The summed E-state index contributed by atoms with van der Waals surface area (Å²) < 4.78 is 16.6. The van der Waals surface area contributed by atoms with Gasteiger partial charge in [-0.05, 0) is 24.6 Å². The zero-order valence-electron chi connectivity index (χ0n) is 14.2. The molecule has 2 heterocycles. The molecule has 1 saturated heterocycles. The van der Waals surface area contributed by atoms with E-state index in [0.29, 0.717) is 59.4 Å². The Bertz CT molecular complexity index is 778. The highest BCUT2D eigenvalue weighted by atomic mass is 35.5. The number of carboxylic acids is 1. The van der Waals surface area contributed by atoms with Crippen molar-refractivity contribution >= 4 is 29.3 Å². The van der Waals surface area contributed by atoms with Crippen LogP contribution in [0.3, 0.4) is 0 Å². The van der Waals surface area contributed by atoms with E-state index in [9.17, 15) is 4.79 Å². The Morgan fingerprint density at radius 2 is 2.23 bits per heavy atom. The van der Waals surface area contributed by atoms with E-state index in [1.54, 1.807) is 12.1 Å². The lowest BCUT2D eigenvalue weighted by atomic mass is 9.90. The minimum absolute atomic E-state index is 0.0599. The molecule has 7 nitrogen and oxygen atoms in total. The van der Waals surface area contributed by atoms with Gasteiger partial charge in [0.15, 0.2) is 0 Å². The number of hydrogen-bond donors (Lipinski definition) is 1. The van der Waals surface area contributed by atoms with Crippen LogP contribution < -0.4 is 4.74 Å². The maximum atomic E-state index is 10.5. The van der Waals surface area contributed by atoms with Crippen molar-refractivity contribution in [2.75, 3.05) is 25.6 Å². The van der Waals surface area contributed by atoms with Crippen LogP contribution in [-0.2, 0) is 9.53 Å². The van der Waals surface area contributed by atoms with Crippen molar-refractivity contribution in [3.8, 4) is 17.2 Å². The molecule has 9 heteroatoms. The van der Waals surface area contributed by atoms with E-state index in [0.717, 1.165) is 0 Å². The molecule has 0 amide bonds. The van der Waals surface area contributed by atoms with Crippen LogP contribution in [0.4, 0.5) is 0 Å². The average Bonchev–Trinajstić information content (AvgIpc) is 3.03. The number of ether oxygens (including phenoxy) is 2. The van der Waals surface area contributed by atoms with E-state index in [4.69, 9.17) is 30.6 Å². The van der Waals surface area contributed by atoms with Crippen molar-refractivity contribution in [2.24, 2.45) is 5.41 Å². The van der Waals surface area contributed by atoms with Gasteiger partial charge >= 0.3 is 5.97 Å². The zero-order chi connectivity index (χ0) is 18.6. The van der Waals surface area contributed by atoms with Crippen LogP contribution >= 0.6 is 23.4 Å². The Labute approximate surface area is 160 Å². The lowest BCUT2D eigenvalue weighted by molar-refractivity contribution is -0.137. The highest BCUT2D eigenvalue weighted by Gasteiger charge is 2.34. The van der Waals surface area contributed by atoms with Crippen molar-refractivity contribution in [3.63, 3.8) is 0 Å². The van der Waals surface area contributed by atoms with E-state index >= 15 is 0 Å². The SMILES string of the molecule is CC1(COc2ccc(-c3nnc(SCCCC(=O)O)o3)c(Cl)c2)COC1. The molecule has 1 fully saturated rings. The van der Waals surface area contributed by atoms with Crippen molar-refractivity contribution in [2.45, 2.75) is 25.0 Å². The molecule has 1 aliphatic rings. The number of aliphatic carboxylic acids is 1. The van der Waals surface area contributed by atoms with Crippen molar-refractivity contribution in [3.05, 3.63) is 23.2 Å². The van der Waals surface area contributed by atoms with Gasteiger partial charge in [-0.2, -0.15) is 0 Å². The van der Waals surface area contributed by atoms with Gasteiger partial charge in [0, 0.05) is 17.6 Å². The quantitative estimate of drug-likeness (QED) is 0.504. The third-order valence-electron chi connectivity index (χ3n) is 3.83. The minimum Gasteiger partial charge on any atom is -0.493 e. The fourth-order valence-electron chi connectivity index (χ4n) is 2.31. The first-order valence-electron chi connectivity index (χ1n) is 8.14. The molecule has 140 valence electrons. The van der Waals surface area contributed by atoms with E-state index in [1.807, 2.05) is 6.07 Å². The summed E-state index contributed by atoms with van der Waals surface area (Å²) in [5, 5.41) is 17.4. The van der Waals surface area contributed by atoms with Crippen LogP contribution in [0.25, 0.3) is 11.5 Å². The first-order valence-corrected chi connectivity index (χ1v) is 9.50. The highest BCUT2D eigenvalue weighted by Crippen LogP contribution is 2.33. The molecule has 2 aromatic rings. The number of nitrogens with zero attached hydrogens (tertiary/aromatic N) is 2. The summed E-state index contributed by atoms with van der Waals surface area (Å²) in [6.07, 6.45) is 0.654. The minimum atomic E-state index is -0.815. The lowest BCUT2D eigenvalue weighted by Gasteiger charge is -2.37. The predicted octanol–water partition coefficient (Wildman–Crippen LogP) is 3.76. The second-order valence-electron chi connectivity index (χ2n) is 6.45. The predicted molar refractivity (Wildman–Crippen MR) is 96.8 cm³/mol. The Morgan fingerprint density at radius 1 is 1.42 bits per heavy atom. The summed E-state index contributed by atoms with van der Waals surface area (Å²) in [6.45, 7) is 4.09. The number of thioether (sulfide) groups is 1. The van der Waals surface area contributed by atoms with Gasteiger partial charge < -0.3 is 19.0 Å².